The molecule has 1 N–H and O–H groups in total. The number of hydrogen-bond donors (Lipinski definition) is 1. The fourth-order valence-corrected chi connectivity index (χ4v) is 1.21. The maximum atomic E-state index is 4.04. The maximum Gasteiger partial charge on any atom is 0.147 e. The Labute approximate surface area is 76.4 Å². The fraction of sp³-hybridized carbons (Fsp3) is 0.375. The van der Waals surface area contributed by atoms with Gasteiger partial charge < -0.3 is 0 Å². The minimum atomic E-state index is 0.0872. The molecule has 13 heavy (non-hydrogen) atoms. The third-order valence-corrected chi connectivity index (χ3v) is 1.98. The molecule has 0 saturated carbocycles. The van der Waals surface area contributed by atoms with Crippen LogP contribution in [0.2, 0.25) is 0 Å². The van der Waals surface area contributed by atoms with Crippen molar-refractivity contribution < 1.29 is 0 Å². The molecule has 68 valence electrons. The zero-order valence-corrected chi connectivity index (χ0v) is 7.38. The number of nitrogens with zero attached hydrogens (tertiary/aromatic N) is 4. The van der Waals surface area contributed by atoms with Crippen molar-refractivity contribution in [3.8, 4) is 0 Å². The summed E-state index contributed by atoms with van der Waals surface area (Å²) in [7, 11) is 1.92. The molecule has 0 spiro atoms. The number of pyridine rings is 1. The normalized spacial score (nSPS) is 21.8. The third kappa shape index (κ3) is 1.81. The number of hydrazine groups is 1. The van der Waals surface area contributed by atoms with Crippen molar-refractivity contribution >= 4 is 0 Å². The molecule has 0 fully saturated rings. The maximum absolute atomic E-state index is 4.04. The van der Waals surface area contributed by atoms with Crippen LogP contribution in [0.5, 0.6) is 0 Å². The van der Waals surface area contributed by atoms with Gasteiger partial charge in [-0.2, -0.15) is 5.01 Å². The van der Waals surface area contributed by atoms with Gasteiger partial charge in [-0.05, 0) is 11.6 Å². The van der Waals surface area contributed by atoms with E-state index in [9.17, 15) is 0 Å². The number of nitrogens with one attached hydrogen (secondary N) is 1. The Bertz CT molecular complexity index is 297. The first kappa shape index (κ1) is 8.12. The van der Waals surface area contributed by atoms with Crippen LogP contribution in [0.1, 0.15) is 5.56 Å². The van der Waals surface area contributed by atoms with Gasteiger partial charge in [0.2, 0.25) is 0 Å². The molecule has 0 saturated heterocycles. The van der Waals surface area contributed by atoms with E-state index in [0.29, 0.717) is 0 Å². The van der Waals surface area contributed by atoms with Crippen LogP contribution >= 0.6 is 0 Å². The predicted molar refractivity (Wildman–Crippen MR) is 47.5 cm³/mol. The number of hydrogen-bond acceptors (Lipinski definition) is 5. The predicted octanol–water partition coefficient (Wildman–Crippen LogP) is 0.767. The molecular weight excluding hydrogens is 166 g/mol. The molecule has 1 atom stereocenters. The number of likely N-dealkylation sites (N-methyl/N-ethyl adjacent to an activating group) is 1. The largest absolute Gasteiger partial charge is 0.264 e. The Hall–Kier alpha value is -1.49. The Morgan fingerprint density at radius 2 is 2.54 bits per heavy atom. The molecule has 0 bridgehead atoms. The van der Waals surface area contributed by atoms with Crippen molar-refractivity contribution in [2.45, 2.75) is 12.6 Å². The lowest BCUT2D eigenvalue weighted by Crippen LogP contribution is -2.34. The van der Waals surface area contributed by atoms with Crippen molar-refractivity contribution in [3.05, 3.63) is 30.1 Å². The van der Waals surface area contributed by atoms with Gasteiger partial charge in [-0.1, -0.05) is 11.3 Å². The van der Waals surface area contributed by atoms with Crippen molar-refractivity contribution in [1.29, 1.82) is 0 Å². The van der Waals surface area contributed by atoms with Gasteiger partial charge in [0, 0.05) is 25.9 Å². The van der Waals surface area contributed by atoms with Crippen molar-refractivity contribution in [2.24, 2.45) is 10.3 Å². The van der Waals surface area contributed by atoms with Crippen LogP contribution in [0.25, 0.3) is 0 Å². The van der Waals surface area contributed by atoms with Gasteiger partial charge in [0.25, 0.3) is 0 Å². The molecule has 1 aromatic heterocycles. The van der Waals surface area contributed by atoms with E-state index in [1.54, 1.807) is 6.20 Å². The highest BCUT2D eigenvalue weighted by atomic mass is 15.8. The molecule has 1 unspecified atom stereocenters. The monoisotopic (exact) mass is 177 g/mol. The molecule has 1 aromatic rings. The summed E-state index contributed by atoms with van der Waals surface area (Å²) < 4.78 is 0. The third-order valence-electron chi connectivity index (χ3n) is 1.98. The van der Waals surface area contributed by atoms with E-state index < -0.39 is 0 Å². The van der Waals surface area contributed by atoms with Crippen LogP contribution in [0.4, 0.5) is 0 Å². The van der Waals surface area contributed by atoms with E-state index in [-0.39, 0.29) is 6.17 Å². The minimum Gasteiger partial charge on any atom is -0.264 e. The van der Waals surface area contributed by atoms with Gasteiger partial charge in [-0.3, -0.25) is 4.98 Å². The molecule has 1 aliphatic rings. The van der Waals surface area contributed by atoms with Gasteiger partial charge in [-0.25, -0.2) is 5.53 Å². The lowest BCUT2D eigenvalue weighted by Gasteiger charge is -2.14. The lowest BCUT2D eigenvalue weighted by molar-refractivity contribution is 0.219. The van der Waals surface area contributed by atoms with E-state index >= 15 is 0 Å². The number of aromatic nitrogens is 1. The van der Waals surface area contributed by atoms with Crippen molar-refractivity contribution in [3.63, 3.8) is 0 Å². The summed E-state index contributed by atoms with van der Waals surface area (Å²) in [4.78, 5) is 4.04. The van der Waals surface area contributed by atoms with Gasteiger partial charge in [0.1, 0.15) is 6.17 Å². The van der Waals surface area contributed by atoms with Crippen LogP contribution in [0.3, 0.4) is 0 Å². The molecule has 2 heterocycles. The zero-order valence-electron chi connectivity index (χ0n) is 7.38. The first-order valence-electron chi connectivity index (χ1n) is 4.13. The van der Waals surface area contributed by atoms with Crippen molar-refractivity contribution in [1.82, 2.24) is 15.5 Å². The van der Waals surface area contributed by atoms with Gasteiger partial charge in [-0.15, -0.1) is 5.11 Å². The Morgan fingerprint density at radius 1 is 1.62 bits per heavy atom. The highest BCUT2D eigenvalue weighted by molar-refractivity contribution is 5.09. The van der Waals surface area contributed by atoms with E-state index in [4.69, 9.17) is 0 Å². The summed E-state index contributed by atoms with van der Waals surface area (Å²) in [6.45, 7) is 0. The van der Waals surface area contributed by atoms with E-state index in [1.807, 2.05) is 30.4 Å². The molecule has 5 heteroatoms. The van der Waals surface area contributed by atoms with Gasteiger partial charge in [0.05, 0.1) is 0 Å². The number of rotatable bonds is 2. The van der Waals surface area contributed by atoms with Crippen LogP contribution < -0.4 is 5.53 Å². The zero-order chi connectivity index (χ0) is 9.10. The average molecular weight is 177 g/mol. The summed E-state index contributed by atoms with van der Waals surface area (Å²) in [6, 6.07) is 3.96. The quantitative estimate of drug-likeness (QED) is 0.725. The van der Waals surface area contributed by atoms with Gasteiger partial charge in [0.15, 0.2) is 0 Å². The minimum absolute atomic E-state index is 0.0872. The highest BCUT2D eigenvalue weighted by Gasteiger charge is 2.18. The fourth-order valence-electron chi connectivity index (χ4n) is 1.21. The van der Waals surface area contributed by atoms with E-state index in [1.165, 1.54) is 5.56 Å². The van der Waals surface area contributed by atoms with E-state index in [0.717, 1.165) is 6.42 Å². The molecule has 0 aliphatic carbocycles. The SMILES string of the molecule is CN1NN=NC1Cc1cccnc1. The summed E-state index contributed by atoms with van der Waals surface area (Å²) >= 11 is 0. The summed E-state index contributed by atoms with van der Waals surface area (Å²) in [5.41, 5.74) is 3.93. The van der Waals surface area contributed by atoms with E-state index in [2.05, 4.69) is 20.9 Å². The standard InChI is InChI=1S/C8H11N5/c1-13-8(10-11-12-13)5-7-3-2-4-9-6-7/h2-4,6,8H,5H2,1H3,(H,10,12). The Morgan fingerprint density at radius 3 is 3.15 bits per heavy atom. The topological polar surface area (TPSA) is 52.9 Å². The smallest absolute Gasteiger partial charge is 0.147 e. The summed E-state index contributed by atoms with van der Waals surface area (Å²) in [5, 5.41) is 9.61. The Balaban J connectivity index is 2.02. The van der Waals surface area contributed by atoms with Crippen LogP contribution in [0, 0.1) is 0 Å². The second-order valence-electron chi connectivity index (χ2n) is 2.97. The van der Waals surface area contributed by atoms with Crippen LogP contribution in [-0.2, 0) is 6.42 Å². The second kappa shape index (κ2) is 3.49. The lowest BCUT2D eigenvalue weighted by atomic mass is 10.2. The molecule has 2 rings (SSSR count). The average Bonchev–Trinajstić information content (AvgIpc) is 2.54. The molecule has 5 nitrogen and oxygen atoms in total. The van der Waals surface area contributed by atoms with Gasteiger partial charge >= 0.3 is 0 Å². The van der Waals surface area contributed by atoms with Crippen molar-refractivity contribution in [2.75, 3.05) is 7.05 Å². The second-order valence-corrected chi connectivity index (χ2v) is 2.97. The summed E-state index contributed by atoms with van der Waals surface area (Å²) in [5.74, 6) is 0. The molecular formula is C8H11N5. The Kier molecular flexibility index (Phi) is 2.18. The van der Waals surface area contributed by atoms with Crippen LogP contribution in [-0.4, -0.2) is 23.2 Å². The van der Waals surface area contributed by atoms with Crippen LogP contribution in [0.15, 0.2) is 34.9 Å². The summed E-state index contributed by atoms with van der Waals surface area (Å²) in [6.07, 6.45) is 4.54. The molecule has 0 amide bonds. The highest BCUT2D eigenvalue weighted by Crippen LogP contribution is 2.09. The molecule has 0 aromatic carbocycles. The molecule has 0 radical (unpaired) electrons. The molecule has 1 aliphatic heterocycles. The first-order valence-corrected chi connectivity index (χ1v) is 4.13. The first-order chi connectivity index (χ1) is 6.36.